The van der Waals surface area contributed by atoms with Gasteiger partial charge in [-0.15, -0.1) is 11.8 Å². The van der Waals surface area contributed by atoms with Crippen molar-refractivity contribution in [3.63, 3.8) is 0 Å². The van der Waals surface area contributed by atoms with Gasteiger partial charge in [0.2, 0.25) is 0 Å². The van der Waals surface area contributed by atoms with Gasteiger partial charge in [0.05, 0.1) is 11.7 Å². The molecule has 0 aliphatic heterocycles. The standard InChI is InChI=1S/C17H25ClO2S/c1-16(2)7-9-17(20-3,10-8-16)15(19)12-21-14-6-4-5-13(18)11-14/h4-6,11,15,19H,7-10,12H2,1-3H3. The number of benzene rings is 1. The molecule has 0 aromatic heterocycles. The van der Waals surface area contributed by atoms with E-state index in [2.05, 4.69) is 13.8 Å². The van der Waals surface area contributed by atoms with Gasteiger partial charge in [-0.05, 0) is 49.3 Å². The first kappa shape index (κ1) is 17.1. The number of thioether (sulfide) groups is 1. The van der Waals surface area contributed by atoms with E-state index in [0.717, 1.165) is 35.6 Å². The first-order valence-electron chi connectivity index (χ1n) is 7.48. The number of rotatable bonds is 5. The zero-order valence-electron chi connectivity index (χ0n) is 13.1. The Balaban J connectivity index is 1.96. The summed E-state index contributed by atoms with van der Waals surface area (Å²) >= 11 is 7.63. The van der Waals surface area contributed by atoms with Crippen LogP contribution >= 0.6 is 23.4 Å². The third-order valence-electron chi connectivity index (χ3n) is 4.67. The molecule has 118 valence electrons. The summed E-state index contributed by atoms with van der Waals surface area (Å²) in [5.41, 5.74) is -0.0249. The molecule has 1 aliphatic carbocycles. The number of halogens is 1. The maximum Gasteiger partial charge on any atom is 0.0945 e. The van der Waals surface area contributed by atoms with E-state index in [4.69, 9.17) is 16.3 Å². The van der Waals surface area contributed by atoms with Crippen LogP contribution in [-0.2, 0) is 4.74 Å². The Hall–Kier alpha value is -0.220. The van der Waals surface area contributed by atoms with Gasteiger partial charge in [-0.25, -0.2) is 0 Å². The van der Waals surface area contributed by atoms with Crippen molar-refractivity contribution in [1.82, 2.24) is 0 Å². The van der Waals surface area contributed by atoms with Crippen molar-refractivity contribution in [2.45, 2.75) is 56.1 Å². The highest BCUT2D eigenvalue weighted by molar-refractivity contribution is 7.99. The molecule has 0 radical (unpaired) electrons. The lowest BCUT2D eigenvalue weighted by Crippen LogP contribution is -2.49. The highest BCUT2D eigenvalue weighted by atomic mass is 35.5. The molecule has 0 amide bonds. The van der Waals surface area contributed by atoms with E-state index in [1.54, 1.807) is 18.9 Å². The molecule has 21 heavy (non-hydrogen) atoms. The third-order valence-corrected chi connectivity index (χ3v) is 5.97. The summed E-state index contributed by atoms with van der Waals surface area (Å²) in [6.07, 6.45) is 3.59. The molecule has 0 heterocycles. The molecule has 1 aromatic rings. The van der Waals surface area contributed by atoms with Crippen LogP contribution in [0.1, 0.15) is 39.5 Å². The van der Waals surface area contributed by atoms with E-state index in [-0.39, 0.29) is 5.60 Å². The average Bonchev–Trinajstić information content (AvgIpc) is 2.45. The van der Waals surface area contributed by atoms with E-state index in [9.17, 15) is 5.11 Å². The minimum atomic E-state index is -0.456. The summed E-state index contributed by atoms with van der Waals surface area (Å²) in [6, 6.07) is 7.75. The molecule has 2 nitrogen and oxygen atoms in total. The van der Waals surface area contributed by atoms with Crippen molar-refractivity contribution in [2.75, 3.05) is 12.9 Å². The molecule has 0 bridgehead atoms. The molecule has 2 rings (SSSR count). The number of aliphatic hydroxyl groups is 1. The SMILES string of the molecule is COC1(C(O)CSc2cccc(Cl)c2)CCC(C)(C)CC1. The Labute approximate surface area is 137 Å². The first-order chi connectivity index (χ1) is 9.87. The minimum Gasteiger partial charge on any atom is -0.389 e. The van der Waals surface area contributed by atoms with Gasteiger partial charge in [-0.3, -0.25) is 0 Å². The van der Waals surface area contributed by atoms with Gasteiger partial charge in [-0.1, -0.05) is 31.5 Å². The number of hydrogen-bond donors (Lipinski definition) is 1. The Kier molecular flexibility index (Phi) is 5.64. The second-order valence-corrected chi connectivity index (χ2v) is 8.25. The summed E-state index contributed by atoms with van der Waals surface area (Å²) < 4.78 is 5.76. The van der Waals surface area contributed by atoms with Crippen LogP contribution in [0.25, 0.3) is 0 Å². The highest BCUT2D eigenvalue weighted by Crippen LogP contribution is 2.44. The van der Waals surface area contributed by atoms with Gasteiger partial charge in [0.1, 0.15) is 0 Å². The van der Waals surface area contributed by atoms with Crippen molar-refractivity contribution in [1.29, 1.82) is 0 Å². The highest BCUT2D eigenvalue weighted by Gasteiger charge is 2.43. The summed E-state index contributed by atoms with van der Waals surface area (Å²) in [5, 5.41) is 11.4. The predicted molar refractivity (Wildman–Crippen MR) is 90.2 cm³/mol. The molecule has 1 N–H and O–H groups in total. The van der Waals surface area contributed by atoms with Crippen molar-refractivity contribution >= 4 is 23.4 Å². The second kappa shape index (κ2) is 6.91. The molecule has 1 atom stereocenters. The molecule has 0 saturated heterocycles. The fourth-order valence-corrected chi connectivity index (χ4v) is 4.20. The summed E-state index contributed by atoms with van der Waals surface area (Å²) in [4.78, 5) is 1.09. The zero-order valence-corrected chi connectivity index (χ0v) is 14.6. The van der Waals surface area contributed by atoms with Gasteiger partial charge in [-0.2, -0.15) is 0 Å². The maximum absolute atomic E-state index is 10.6. The normalized spacial score (nSPS) is 22.0. The largest absolute Gasteiger partial charge is 0.389 e. The van der Waals surface area contributed by atoms with Crippen molar-refractivity contribution < 1.29 is 9.84 Å². The fourth-order valence-electron chi connectivity index (χ4n) is 2.91. The summed E-state index contributed by atoms with van der Waals surface area (Å²) in [7, 11) is 1.73. The van der Waals surface area contributed by atoms with Gasteiger partial charge in [0.25, 0.3) is 0 Å². The number of methoxy groups -OCH3 is 1. The van der Waals surface area contributed by atoms with Gasteiger partial charge >= 0.3 is 0 Å². The summed E-state index contributed by atoms with van der Waals surface area (Å²) in [6.45, 7) is 4.58. The molecule has 1 fully saturated rings. The van der Waals surface area contributed by atoms with Gasteiger partial charge in [0, 0.05) is 22.8 Å². The van der Waals surface area contributed by atoms with Gasteiger partial charge < -0.3 is 9.84 Å². The van der Waals surface area contributed by atoms with Crippen LogP contribution in [0.4, 0.5) is 0 Å². The number of ether oxygens (including phenoxy) is 1. The molecule has 1 saturated carbocycles. The van der Waals surface area contributed by atoms with Crippen molar-refractivity contribution in [3.05, 3.63) is 29.3 Å². The molecular weight excluding hydrogens is 304 g/mol. The van der Waals surface area contributed by atoms with E-state index in [0.29, 0.717) is 11.2 Å². The minimum absolute atomic E-state index is 0.363. The van der Waals surface area contributed by atoms with Crippen LogP contribution in [-0.4, -0.2) is 29.7 Å². The Morgan fingerprint density at radius 3 is 2.52 bits per heavy atom. The van der Waals surface area contributed by atoms with E-state index < -0.39 is 6.10 Å². The molecule has 4 heteroatoms. The zero-order chi connectivity index (χ0) is 15.5. The number of aliphatic hydroxyl groups excluding tert-OH is 1. The molecule has 0 spiro atoms. The Morgan fingerprint density at radius 1 is 1.29 bits per heavy atom. The second-order valence-electron chi connectivity index (χ2n) is 6.72. The predicted octanol–water partition coefficient (Wildman–Crippen LogP) is 4.78. The van der Waals surface area contributed by atoms with Crippen LogP contribution in [0.2, 0.25) is 5.02 Å². The summed E-state index contributed by atoms with van der Waals surface area (Å²) in [5.74, 6) is 0.634. The molecule has 1 aromatic carbocycles. The lowest BCUT2D eigenvalue weighted by molar-refractivity contribution is -0.127. The lowest BCUT2D eigenvalue weighted by atomic mass is 9.69. The van der Waals surface area contributed by atoms with Crippen LogP contribution in [0.3, 0.4) is 0 Å². The monoisotopic (exact) mass is 328 g/mol. The molecular formula is C17H25ClO2S. The third kappa shape index (κ3) is 4.38. The average molecular weight is 329 g/mol. The van der Waals surface area contributed by atoms with E-state index in [1.165, 1.54) is 0 Å². The van der Waals surface area contributed by atoms with Crippen LogP contribution in [0.15, 0.2) is 29.2 Å². The fraction of sp³-hybridized carbons (Fsp3) is 0.647. The smallest absolute Gasteiger partial charge is 0.0945 e. The van der Waals surface area contributed by atoms with Crippen molar-refractivity contribution in [3.8, 4) is 0 Å². The van der Waals surface area contributed by atoms with Crippen LogP contribution in [0.5, 0.6) is 0 Å². The Morgan fingerprint density at radius 2 is 1.95 bits per heavy atom. The quantitative estimate of drug-likeness (QED) is 0.789. The Bertz CT molecular complexity index is 466. The topological polar surface area (TPSA) is 29.5 Å². The first-order valence-corrected chi connectivity index (χ1v) is 8.85. The van der Waals surface area contributed by atoms with Crippen LogP contribution in [0, 0.1) is 5.41 Å². The number of hydrogen-bond acceptors (Lipinski definition) is 3. The van der Waals surface area contributed by atoms with E-state index >= 15 is 0 Å². The molecule has 1 aliphatic rings. The lowest BCUT2D eigenvalue weighted by Gasteiger charge is -2.45. The maximum atomic E-state index is 10.6. The van der Waals surface area contributed by atoms with Crippen molar-refractivity contribution in [2.24, 2.45) is 5.41 Å². The van der Waals surface area contributed by atoms with Gasteiger partial charge in [0.15, 0.2) is 0 Å². The van der Waals surface area contributed by atoms with Crippen LogP contribution < -0.4 is 0 Å². The molecule has 1 unspecified atom stereocenters. The van der Waals surface area contributed by atoms with E-state index in [1.807, 2.05) is 24.3 Å².